The summed E-state index contributed by atoms with van der Waals surface area (Å²) >= 11 is 0. The van der Waals surface area contributed by atoms with Crippen molar-refractivity contribution >= 4 is 5.78 Å². The van der Waals surface area contributed by atoms with E-state index in [4.69, 9.17) is 0 Å². The maximum absolute atomic E-state index is 12.5. The summed E-state index contributed by atoms with van der Waals surface area (Å²) in [6.07, 6.45) is 14.3. The molecule has 2 aliphatic rings. The van der Waals surface area contributed by atoms with Gasteiger partial charge in [0.2, 0.25) is 0 Å². The summed E-state index contributed by atoms with van der Waals surface area (Å²) in [5.41, 5.74) is 1.15. The van der Waals surface area contributed by atoms with Gasteiger partial charge in [-0.25, -0.2) is 0 Å². The maximum Gasteiger partial charge on any atom is 0.164 e. The van der Waals surface area contributed by atoms with Crippen LogP contribution in [0.25, 0.3) is 0 Å². The van der Waals surface area contributed by atoms with Gasteiger partial charge in [-0.05, 0) is 44.1 Å². The molecule has 2 rings (SSSR count). The van der Waals surface area contributed by atoms with E-state index in [0.717, 1.165) is 31.3 Å². The SMILES string of the molecule is CC1(C(=O)C2=CCCCCCC2)CCCC1. The fraction of sp³-hybridized carbons (Fsp3) is 0.800. The lowest BCUT2D eigenvalue weighted by molar-refractivity contribution is -0.124. The van der Waals surface area contributed by atoms with Gasteiger partial charge in [-0.15, -0.1) is 0 Å². The Morgan fingerprint density at radius 1 is 1.06 bits per heavy atom. The molecule has 0 aliphatic heterocycles. The molecule has 90 valence electrons. The van der Waals surface area contributed by atoms with Crippen molar-refractivity contribution in [2.45, 2.75) is 71.1 Å². The van der Waals surface area contributed by atoms with Crippen LogP contribution >= 0.6 is 0 Å². The second kappa shape index (κ2) is 5.16. The monoisotopic (exact) mass is 220 g/mol. The largest absolute Gasteiger partial charge is 0.294 e. The molecule has 0 spiro atoms. The third-order valence-electron chi connectivity index (χ3n) is 4.34. The number of hydrogen-bond acceptors (Lipinski definition) is 1. The number of carbonyl (C=O) groups is 1. The summed E-state index contributed by atoms with van der Waals surface area (Å²) in [6, 6.07) is 0. The van der Waals surface area contributed by atoms with E-state index >= 15 is 0 Å². The van der Waals surface area contributed by atoms with Gasteiger partial charge in [0.1, 0.15) is 0 Å². The van der Waals surface area contributed by atoms with E-state index in [-0.39, 0.29) is 5.41 Å². The summed E-state index contributed by atoms with van der Waals surface area (Å²) in [4.78, 5) is 12.5. The molecule has 1 fully saturated rings. The minimum atomic E-state index is -0.00890. The van der Waals surface area contributed by atoms with E-state index in [9.17, 15) is 4.79 Å². The number of hydrogen-bond donors (Lipinski definition) is 0. The summed E-state index contributed by atoms with van der Waals surface area (Å²) < 4.78 is 0. The minimum absolute atomic E-state index is 0.00890. The Bertz CT molecular complexity index is 282. The van der Waals surface area contributed by atoms with Crippen molar-refractivity contribution in [2.75, 3.05) is 0 Å². The van der Waals surface area contributed by atoms with Crippen LogP contribution in [0.15, 0.2) is 11.6 Å². The van der Waals surface area contributed by atoms with Crippen LogP contribution in [-0.2, 0) is 4.79 Å². The zero-order valence-corrected chi connectivity index (χ0v) is 10.6. The molecular weight excluding hydrogens is 196 g/mol. The van der Waals surface area contributed by atoms with Gasteiger partial charge in [0.25, 0.3) is 0 Å². The number of carbonyl (C=O) groups excluding carboxylic acids is 1. The van der Waals surface area contributed by atoms with Gasteiger partial charge in [-0.3, -0.25) is 4.79 Å². The minimum Gasteiger partial charge on any atom is -0.294 e. The van der Waals surface area contributed by atoms with Crippen LogP contribution in [0.3, 0.4) is 0 Å². The molecule has 0 heterocycles. The standard InChI is InChI=1S/C15H24O/c1-15(11-7-8-12-15)14(16)13-9-5-3-2-4-6-10-13/h9H,2-8,10-12H2,1H3. The molecule has 1 heteroatoms. The van der Waals surface area contributed by atoms with Crippen LogP contribution in [0.5, 0.6) is 0 Å². The molecule has 1 saturated carbocycles. The summed E-state index contributed by atoms with van der Waals surface area (Å²) in [7, 11) is 0. The first kappa shape index (κ1) is 11.9. The molecule has 0 N–H and O–H groups in total. The molecule has 0 radical (unpaired) electrons. The van der Waals surface area contributed by atoms with Crippen LogP contribution in [0.1, 0.15) is 71.1 Å². The van der Waals surface area contributed by atoms with Crippen molar-refractivity contribution in [2.24, 2.45) is 5.41 Å². The van der Waals surface area contributed by atoms with Crippen LogP contribution in [-0.4, -0.2) is 5.78 Å². The third kappa shape index (κ3) is 2.56. The van der Waals surface area contributed by atoms with Crippen LogP contribution in [0, 0.1) is 5.41 Å². The number of rotatable bonds is 2. The molecule has 2 aliphatic carbocycles. The predicted molar refractivity (Wildman–Crippen MR) is 67.4 cm³/mol. The smallest absolute Gasteiger partial charge is 0.164 e. The fourth-order valence-electron chi connectivity index (χ4n) is 3.17. The van der Waals surface area contributed by atoms with Crippen LogP contribution in [0.4, 0.5) is 0 Å². The van der Waals surface area contributed by atoms with Gasteiger partial charge in [0, 0.05) is 5.41 Å². The lowest BCUT2D eigenvalue weighted by Crippen LogP contribution is -2.26. The summed E-state index contributed by atoms with van der Waals surface area (Å²) in [6.45, 7) is 2.18. The fourth-order valence-corrected chi connectivity index (χ4v) is 3.17. The van der Waals surface area contributed by atoms with Crippen LogP contribution in [0.2, 0.25) is 0 Å². The van der Waals surface area contributed by atoms with Crippen molar-refractivity contribution in [3.05, 3.63) is 11.6 Å². The highest BCUT2D eigenvalue weighted by atomic mass is 16.1. The Morgan fingerprint density at radius 2 is 1.75 bits per heavy atom. The van der Waals surface area contributed by atoms with Crippen molar-refractivity contribution in [3.63, 3.8) is 0 Å². The van der Waals surface area contributed by atoms with Crippen molar-refractivity contribution in [1.29, 1.82) is 0 Å². The first-order valence-electron chi connectivity index (χ1n) is 6.96. The van der Waals surface area contributed by atoms with Crippen molar-refractivity contribution < 1.29 is 4.79 Å². The lowest BCUT2D eigenvalue weighted by Gasteiger charge is -2.24. The zero-order valence-electron chi connectivity index (χ0n) is 10.6. The molecule has 0 saturated heterocycles. The molecule has 0 atom stereocenters. The molecule has 16 heavy (non-hydrogen) atoms. The number of ketones is 1. The zero-order chi connectivity index (χ0) is 11.4. The van der Waals surface area contributed by atoms with Gasteiger partial charge >= 0.3 is 0 Å². The normalized spacial score (nSPS) is 25.7. The van der Waals surface area contributed by atoms with Gasteiger partial charge < -0.3 is 0 Å². The van der Waals surface area contributed by atoms with E-state index in [0.29, 0.717) is 5.78 Å². The van der Waals surface area contributed by atoms with Gasteiger partial charge in [0.15, 0.2) is 5.78 Å². The highest BCUT2D eigenvalue weighted by molar-refractivity contribution is 5.99. The molecule has 0 amide bonds. The highest BCUT2D eigenvalue weighted by Crippen LogP contribution is 2.41. The second-order valence-corrected chi connectivity index (χ2v) is 5.78. The highest BCUT2D eigenvalue weighted by Gasteiger charge is 2.37. The Labute approximate surface area is 99.3 Å². The number of Topliss-reactive ketones (excluding diaryl/α,β-unsaturated/α-hetero) is 1. The Morgan fingerprint density at radius 3 is 2.50 bits per heavy atom. The molecule has 0 aromatic rings. The van der Waals surface area contributed by atoms with Gasteiger partial charge in [-0.1, -0.05) is 38.7 Å². The first-order valence-corrected chi connectivity index (χ1v) is 6.96. The summed E-state index contributed by atoms with van der Waals surface area (Å²) in [5.74, 6) is 0.479. The van der Waals surface area contributed by atoms with E-state index < -0.39 is 0 Å². The van der Waals surface area contributed by atoms with E-state index in [1.165, 1.54) is 38.5 Å². The Hall–Kier alpha value is -0.590. The maximum atomic E-state index is 12.5. The average molecular weight is 220 g/mol. The molecule has 0 aromatic heterocycles. The summed E-state index contributed by atoms with van der Waals surface area (Å²) in [5, 5.41) is 0. The van der Waals surface area contributed by atoms with Crippen molar-refractivity contribution in [3.8, 4) is 0 Å². The predicted octanol–water partition coefficient (Wildman–Crippen LogP) is 4.42. The van der Waals surface area contributed by atoms with E-state index in [2.05, 4.69) is 13.0 Å². The molecular formula is C15H24O. The second-order valence-electron chi connectivity index (χ2n) is 5.78. The van der Waals surface area contributed by atoms with Gasteiger partial charge in [0.05, 0.1) is 0 Å². The molecule has 0 unspecified atom stereocenters. The molecule has 0 bridgehead atoms. The molecule has 0 aromatic carbocycles. The quantitative estimate of drug-likeness (QED) is 0.673. The van der Waals surface area contributed by atoms with Crippen LogP contribution < -0.4 is 0 Å². The molecule has 1 nitrogen and oxygen atoms in total. The van der Waals surface area contributed by atoms with E-state index in [1.54, 1.807) is 0 Å². The Kier molecular flexibility index (Phi) is 3.83. The van der Waals surface area contributed by atoms with E-state index in [1.807, 2.05) is 0 Å². The first-order chi connectivity index (χ1) is 7.72. The average Bonchev–Trinajstić information content (AvgIpc) is 2.65. The van der Waals surface area contributed by atoms with Gasteiger partial charge in [-0.2, -0.15) is 0 Å². The topological polar surface area (TPSA) is 17.1 Å². The third-order valence-corrected chi connectivity index (χ3v) is 4.34. The lowest BCUT2D eigenvalue weighted by atomic mass is 9.78. The number of allylic oxidation sites excluding steroid dienone is 2. The Balaban J connectivity index is 2.06. The van der Waals surface area contributed by atoms with Crippen molar-refractivity contribution in [1.82, 2.24) is 0 Å².